The molecule has 0 amide bonds. The molecule has 0 saturated heterocycles. The number of hydrogen-bond acceptors (Lipinski definition) is 4. The van der Waals surface area contributed by atoms with Crippen molar-refractivity contribution in [3.63, 3.8) is 0 Å². The maximum atomic E-state index is 11.8. The first-order chi connectivity index (χ1) is 12.5. The Morgan fingerprint density at radius 1 is 0.962 bits per heavy atom. The van der Waals surface area contributed by atoms with E-state index in [0.717, 1.165) is 5.56 Å². The predicted octanol–water partition coefficient (Wildman–Crippen LogP) is 4.45. The van der Waals surface area contributed by atoms with E-state index in [1.54, 1.807) is 43.3 Å². The molecule has 0 radical (unpaired) electrons. The van der Waals surface area contributed by atoms with Crippen molar-refractivity contribution >= 4 is 6.08 Å². The molecule has 0 N–H and O–H groups in total. The highest BCUT2D eigenvalue weighted by Gasteiger charge is 2.47. The van der Waals surface area contributed by atoms with Gasteiger partial charge in [0.1, 0.15) is 5.92 Å². The van der Waals surface area contributed by atoms with E-state index in [0.29, 0.717) is 16.7 Å². The lowest BCUT2D eigenvalue weighted by Gasteiger charge is -2.26. The molecule has 26 heavy (non-hydrogen) atoms. The SMILES string of the molecule is CC1=C([N+](=O)[O-])C(c2ccccc2)C([N+](=O)[O-])C/C1=C/c1ccccc1. The number of rotatable bonds is 4. The van der Waals surface area contributed by atoms with Crippen LogP contribution in [0.5, 0.6) is 0 Å². The van der Waals surface area contributed by atoms with Gasteiger partial charge in [-0.05, 0) is 23.6 Å². The van der Waals surface area contributed by atoms with E-state index < -0.39 is 21.8 Å². The fourth-order valence-corrected chi connectivity index (χ4v) is 3.48. The lowest BCUT2D eigenvalue weighted by molar-refractivity contribution is -0.535. The molecule has 0 bridgehead atoms. The Balaban J connectivity index is 2.18. The van der Waals surface area contributed by atoms with Crippen molar-refractivity contribution in [3.05, 3.63) is 109 Å². The zero-order valence-corrected chi connectivity index (χ0v) is 14.2. The van der Waals surface area contributed by atoms with Crippen molar-refractivity contribution in [2.24, 2.45) is 0 Å². The monoisotopic (exact) mass is 350 g/mol. The van der Waals surface area contributed by atoms with Crippen LogP contribution >= 0.6 is 0 Å². The highest BCUT2D eigenvalue weighted by atomic mass is 16.6. The molecule has 0 heterocycles. The van der Waals surface area contributed by atoms with Gasteiger partial charge in [-0.25, -0.2) is 0 Å². The maximum Gasteiger partial charge on any atom is 0.263 e. The molecule has 0 spiro atoms. The molecular formula is C20H18N2O4. The summed E-state index contributed by atoms with van der Waals surface area (Å²) < 4.78 is 0. The largest absolute Gasteiger partial charge is 0.264 e. The van der Waals surface area contributed by atoms with E-state index in [-0.39, 0.29) is 12.1 Å². The minimum atomic E-state index is -1.07. The molecular weight excluding hydrogens is 332 g/mol. The molecule has 2 aromatic rings. The van der Waals surface area contributed by atoms with Crippen LogP contribution in [0.3, 0.4) is 0 Å². The number of benzene rings is 2. The van der Waals surface area contributed by atoms with Crippen molar-refractivity contribution in [1.82, 2.24) is 0 Å². The second-order valence-corrected chi connectivity index (χ2v) is 6.29. The summed E-state index contributed by atoms with van der Waals surface area (Å²) >= 11 is 0. The summed E-state index contributed by atoms with van der Waals surface area (Å²) in [4.78, 5) is 22.7. The molecule has 0 saturated carbocycles. The number of allylic oxidation sites excluding steroid dienone is 1. The fraction of sp³-hybridized carbons (Fsp3) is 0.200. The van der Waals surface area contributed by atoms with Gasteiger partial charge in [0, 0.05) is 16.9 Å². The first kappa shape index (κ1) is 17.5. The van der Waals surface area contributed by atoms with E-state index in [2.05, 4.69) is 0 Å². The molecule has 3 rings (SSSR count). The minimum Gasteiger partial charge on any atom is -0.264 e. The molecule has 0 fully saturated rings. The molecule has 6 nitrogen and oxygen atoms in total. The highest BCUT2D eigenvalue weighted by Crippen LogP contribution is 2.42. The first-order valence-corrected chi connectivity index (χ1v) is 8.28. The molecule has 132 valence electrons. The number of nitro groups is 2. The van der Waals surface area contributed by atoms with Gasteiger partial charge < -0.3 is 0 Å². The van der Waals surface area contributed by atoms with Crippen LogP contribution in [-0.2, 0) is 0 Å². The Morgan fingerprint density at radius 3 is 2.08 bits per heavy atom. The Morgan fingerprint density at radius 2 is 1.54 bits per heavy atom. The van der Waals surface area contributed by atoms with Gasteiger partial charge in [-0.1, -0.05) is 66.7 Å². The normalized spacial score (nSPS) is 21.7. The van der Waals surface area contributed by atoms with Crippen LogP contribution in [-0.4, -0.2) is 15.9 Å². The van der Waals surface area contributed by atoms with Crippen LogP contribution in [0.1, 0.15) is 30.4 Å². The van der Waals surface area contributed by atoms with Gasteiger partial charge in [0.2, 0.25) is 6.04 Å². The average Bonchev–Trinajstić information content (AvgIpc) is 2.64. The van der Waals surface area contributed by atoms with Crippen molar-refractivity contribution in [3.8, 4) is 0 Å². The summed E-state index contributed by atoms with van der Waals surface area (Å²) in [5.74, 6) is -0.867. The summed E-state index contributed by atoms with van der Waals surface area (Å²) in [5.41, 5.74) is 2.51. The third-order valence-electron chi connectivity index (χ3n) is 4.74. The van der Waals surface area contributed by atoms with Gasteiger partial charge in [-0.3, -0.25) is 20.2 Å². The standard InChI is InChI=1S/C20H18N2O4/c1-14-17(12-15-8-4-2-5-9-15)13-18(21(23)24)19(20(14)22(25)26)16-10-6-3-7-11-16/h2-12,18-19H,13H2,1H3/b17-12-. The molecule has 0 aromatic heterocycles. The lowest BCUT2D eigenvalue weighted by Crippen LogP contribution is -2.35. The molecule has 2 atom stereocenters. The Bertz CT molecular complexity index is 889. The summed E-state index contributed by atoms with van der Waals surface area (Å²) in [6.45, 7) is 1.68. The van der Waals surface area contributed by atoms with Crippen LogP contribution in [0.15, 0.2) is 77.5 Å². The van der Waals surface area contributed by atoms with Gasteiger partial charge in [0.05, 0.1) is 4.92 Å². The smallest absolute Gasteiger partial charge is 0.263 e. The van der Waals surface area contributed by atoms with Crippen LogP contribution in [0.2, 0.25) is 0 Å². The summed E-state index contributed by atoms with van der Waals surface area (Å²) in [5, 5.41) is 23.6. The number of nitrogens with zero attached hydrogens (tertiary/aromatic N) is 2. The van der Waals surface area contributed by atoms with E-state index in [1.807, 2.05) is 30.3 Å². The Kier molecular flexibility index (Phi) is 4.93. The summed E-state index contributed by atoms with van der Waals surface area (Å²) in [7, 11) is 0. The second-order valence-electron chi connectivity index (χ2n) is 6.29. The highest BCUT2D eigenvalue weighted by molar-refractivity contribution is 5.60. The zero-order chi connectivity index (χ0) is 18.7. The van der Waals surface area contributed by atoms with Gasteiger partial charge in [0.25, 0.3) is 5.70 Å². The van der Waals surface area contributed by atoms with E-state index in [1.165, 1.54) is 0 Å². The first-order valence-electron chi connectivity index (χ1n) is 8.28. The quantitative estimate of drug-likeness (QED) is 0.602. The summed E-state index contributed by atoms with van der Waals surface area (Å²) in [6.07, 6.45) is 1.96. The average molecular weight is 350 g/mol. The number of hydrogen-bond donors (Lipinski definition) is 0. The van der Waals surface area contributed by atoms with Crippen molar-refractivity contribution in [2.45, 2.75) is 25.3 Å². The van der Waals surface area contributed by atoms with Crippen LogP contribution < -0.4 is 0 Å². The van der Waals surface area contributed by atoms with Crippen molar-refractivity contribution in [2.75, 3.05) is 0 Å². The Labute approximate surface area is 150 Å². The van der Waals surface area contributed by atoms with Crippen molar-refractivity contribution in [1.29, 1.82) is 0 Å². The Hall–Kier alpha value is -3.28. The predicted molar refractivity (Wildman–Crippen MR) is 98.7 cm³/mol. The van der Waals surface area contributed by atoms with E-state index >= 15 is 0 Å². The summed E-state index contributed by atoms with van der Waals surface area (Å²) in [6, 6.07) is 17.0. The van der Waals surface area contributed by atoms with E-state index in [4.69, 9.17) is 0 Å². The zero-order valence-electron chi connectivity index (χ0n) is 14.2. The second kappa shape index (κ2) is 7.31. The van der Waals surface area contributed by atoms with E-state index in [9.17, 15) is 20.2 Å². The van der Waals surface area contributed by atoms with Gasteiger partial charge in [-0.15, -0.1) is 0 Å². The third-order valence-corrected chi connectivity index (χ3v) is 4.74. The molecule has 1 aliphatic carbocycles. The molecule has 2 aromatic carbocycles. The topological polar surface area (TPSA) is 86.3 Å². The lowest BCUT2D eigenvalue weighted by atomic mass is 9.76. The third kappa shape index (κ3) is 3.39. The maximum absolute atomic E-state index is 11.8. The molecule has 6 heteroatoms. The molecule has 2 unspecified atom stereocenters. The minimum absolute atomic E-state index is 0.0914. The van der Waals surface area contributed by atoms with Crippen LogP contribution in [0.25, 0.3) is 6.08 Å². The van der Waals surface area contributed by atoms with Gasteiger partial charge >= 0.3 is 0 Å². The van der Waals surface area contributed by atoms with Crippen LogP contribution in [0, 0.1) is 20.2 Å². The van der Waals surface area contributed by atoms with Gasteiger partial charge in [-0.2, -0.15) is 0 Å². The molecule has 0 aliphatic heterocycles. The fourth-order valence-electron chi connectivity index (χ4n) is 3.48. The van der Waals surface area contributed by atoms with Crippen LogP contribution in [0.4, 0.5) is 0 Å². The van der Waals surface area contributed by atoms with Gasteiger partial charge in [0.15, 0.2) is 0 Å². The van der Waals surface area contributed by atoms with Crippen molar-refractivity contribution < 1.29 is 9.85 Å². The molecule has 1 aliphatic rings.